The molecule has 32 heteroatoms. The number of benzene rings is 3. The second-order valence-electron chi connectivity index (χ2n) is 21.1. The van der Waals surface area contributed by atoms with Gasteiger partial charge < -0.3 is 138 Å². The van der Waals surface area contributed by atoms with Crippen molar-refractivity contribution in [2.45, 2.75) is 154 Å². The van der Waals surface area contributed by atoms with Crippen LogP contribution >= 0.6 is 0 Å². The molecular weight excluding hydrogens is 1200 g/mol. The number of carbonyl (C=O) groups excluding carboxylic acids is 4. The van der Waals surface area contributed by atoms with E-state index in [-0.39, 0.29) is 17.1 Å². The predicted molar refractivity (Wildman–Crippen MR) is 288 cm³/mol. The molecule has 3 aromatic carbocycles. The zero-order valence-electron chi connectivity index (χ0n) is 47.0. The molecule has 8 rings (SSSR count). The highest BCUT2D eigenvalue weighted by atomic mass is 16.8. The molecule has 490 valence electrons. The number of esters is 4. The van der Waals surface area contributed by atoms with Gasteiger partial charge in [-0.2, -0.15) is 0 Å². The molecule has 5 fully saturated rings. The Morgan fingerprint density at radius 3 is 1.48 bits per heavy atom. The summed E-state index contributed by atoms with van der Waals surface area (Å²) in [5, 5.41) is 164. The van der Waals surface area contributed by atoms with E-state index in [1.807, 2.05) is 0 Å². The maximum Gasteiger partial charge on any atom is 0.338 e. The van der Waals surface area contributed by atoms with Crippen molar-refractivity contribution in [2.24, 2.45) is 0 Å². The van der Waals surface area contributed by atoms with Crippen molar-refractivity contribution in [1.82, 2.24) is 0 Å². The third-order valence-corrected chi connectivity index (χ3v) is 14.9. The number of hydrogen-bond donors (Lipinski definition) is 15. The molecule has 5 aliphatic rings. The number of aliphatic hydroxyl groups excluding tert-OH is 13. The molecule has 0 aromatic heterocycles. The van der Waals surface area contributed by atoms with Gasteiger partial charge in [-0.25, -0.2) is 14.4 Å². The number of carbonyl (C=O) groups is 4. The van der Waals surface area contributed by atoms with Gasteiger partial charge in [-0.05, 0) is 59.7 Å². The highest BCUT2D eigenvalue weighted by molar-refractivity contribution is 5.90. The maximum atomic E-state index is 14.1. The molecule has 89 heavy (non-hydrogen) atoms. The van der Waals surface area contributed by atoms with Crippen molar-refractivity contribution in [3.8, 4) is 11.5 Å². The lowest BCUT2D eigenvalue weighted by Gasteiger charge is -2.51. The van der Waals surface area contributed by atoms with Crippen LogP contribution in [0, 0.1) is 0 Å². The maximum absolute atomic E-state index is 14.1. The lowest BCUT2D eigenvalue weighted by Crippen LogP contribution is -2.69. The first kappa shape index (κ1) is 68.6. The lowest BCUT2D eigenvalue weighted by atomic mass is 9.95. The van der Waals surface area contributed by atoms with Crippen molar-refractivity contribution < 1.29 is 157 Å². The largest absolute Gasteiger partial charge is 0.508 e. The van der Waals surface area contributed by atoms with E-state index < -0.39 is 210 Å². The van der Waals surface area contributed by atoms with E-state index in [9.17, 15) is 95.8 Å². The number of hydrogen-bond acceptors (Lipinski definition) is 32. The average Bonchev–Trinajstić information content (AvgIpc) is 1.75. The summed E-state index contributed by atoms with van der Waals surface area (Å²) in [7, 11) is 0. The van der Waals surface area contributed by atoms with Gasteiger partial charge in [-0.3, -0.25) is 4.79 Å². The van der Waals surface area contributed by atoms with Gasteiger partial charge in [0.1, 0.15) is 128 Å². The van der Waals surface area contributed by atoms with Crippen LogP contribution in [0.15, 0.2) is 91.0 Å². The minimum absolute atomic E-state index is 0.105. The smallest absolute Gasteiger partial charge is 0.338 e. The number of phenols is 2. The minimum atomic E-state index is -2.97. The average molecular weight is 1270 g/mol. The van der Waals surface area contributed by atoms with Gasteiger partial charge in [-0.1, -0.05) is 42.5 Å². The van der Waals surface area contributed by atoms with Crippen LogP contribution in [0.3, 0.4) is 0 Å². The normalized spacial score (nSPS) is 37.4. The Bertz CT molecular complexity index is 2840. The Balaban J connectivity index is 1.27. The van der Waals surface area contributed by atoms with Gasteiger partial charge in [0.05, 0.1) is 32.0 Å². The summed E-state index contributed by atoms with van der Waals surface area (Å²) in [5.41, 5.74) is 0.548. The highest BCUT2D eigenvalue weighted by Crippen LogP contribution is 2.42. The first-order valence-electron chi connectivity index (χ1n) is 27.7. The minimum Gasteiger partial charge on any atom is -0.508 e. The fraction of sp³-hybridized carbons (Fsp3) is 0.544. The van der Waals surface area contributed by atoms with Gasteiger partial charge in [0, 0.05) is 19.1 Å². The molecule has 0 unspecified atom stereocenters. The van der Waals surface area contributed by atoms with Crippen LogP contribution < -0.4 is 0 Å². The van der Waals surface area contributed by atoms with Gasteiger partial charge >= 0.3 is 23.9 Å². The highest BCUT2D eigenvalue weighted by Gasteiger charge is 2.64. The quantitative estimate of drug-likeness (QED) is 0.0239. The summed E-state index contributed by atoms with van der Waals surface area (Å²) < 4.78 is 77.6. The summed E-state index contributed by atoms with van der Waals surface area (Å²) in [4.78, 5) is 54.1. The standard InChI is InChI=1S/C57H70O32/c1-25(62)77-23-35-40(69)48(84-53-44(73)42(71)38(67)31(19-58)79-53)46(75)55(82-35)85-49-47(83-37(66)18-12-27-9-15-30(64)16-10-27)34(22-61)81-56(50(49)86-54-45(74)43(72)39(68)32(20-59)80-54)89-57(24-78-36(65)17-11-26-7-13-29(63)14-8-26)51(41(70)33(21-60)88-57)87-52(76)28-5-3-2-4-6-28/h2-18,31-35,38-51,53-56,58-61,63-64,67-75H,19-24H2,1H3/b17-11+,18-12+/t31-,32-,33-,34-,35-,38-,39-,40-,41-,42+,43+,44-,45-,46-,47-,48+,49+,50-,51+,53-,54+,55-,56-,57+/m1/s1. The zero-order chi connectivity index (χ0) is 64.4. The predicted octanol–water partition coefficient (Wildman–Crippen LogP) is -5.55. The van der Waals surface area contributed by atoms with Gasteiger partial charge in [-0.15, -0.1) is 0 Å². The molecule has 32 nitrogen and oxygen atoms in total. The van der Waals surface area contributed by atoms with Crippen LogP contribution in [-0.4, -0.2) is 287 Å². The second-order valence-corrected chi connectivity index (χ2v) is 21.1. The molecule has 5 heterocycles. The first-order valence-corrected chi connectivity index (χ1v) is 27.7. The summed E-state index contributed by atoms with van der Waals surface area (Å²) in [6.07, 6.45) is -44.9. The van der Waals surface area contributed by atoms with Crippen LogP contribution in [0.5, 0.6) is 11.5 Å². The molecule has 0 bridgehead atoms. The monoisotopic (exact) mass is 1270 g/mol. The molecule has 0 amide bonds. The van der Waals surface area contributed by atoms with E-state index in [1.54, 1.807) is 6.07 Å². The molecule has 0 spiro atoms. The summed E-state index contributed by atoms with van der Waals surface area (Å²) in [5.74, 6) is -7.81. The molecule has 24 atom stereocenters. The van der Waals surface area contributed by atoms with Crippen LogP contribution in [0.4, 0.5) is 0 Å². The SMILES string of the molecule is CC(=O)OC[C@H]1O[C@H](O[C@@H]2[C@@H](O[C@@H]3O[C@H](CO)[C@@H](O)[C@H](O)[C@H]3O)[C@@H](O[C@]3(COC(=O)/C=C/c4ccc(O)cc4)O[C@H](CO)[C@@H](O)[C@@H]3OC(=O)c3ccccc3)O[C@H](CO)[C@H]2OC(=O)/C=C/c2ccc(O)cc2)[C@H](O)[C@@H](O[C@H]2O[C@H](CO)[C@@H](O)[C@H](O)[C@H]2O)[C@@H]1O. The number of ether oxygens (including phenoxy) is 13. The van der Waals surface area contributed by atoms with E-state index in [4.69, 9.17) is 61.6 Å². The Morgan fingerprint density at radius 1 is 0.472 bits per heavy atom. The van der Waals surface area contributed by atoms with Crippen molar-refractivity contribution in [2.75, 3.05) is 39.6 Å². The molecule has 0 aliphatic carbocycles. The summed E-state index contributed by atoms with van der Waals surface area (Å²) >= 11 is 0. The fourth-order valence-electron chi connectivity index (χ4n) is 10.1. The van der Waals surface area contributed by atoms with Crippen LogP contribution in [0.1, 0.15) is 28.4 Å². The Morgan fingerprint density at radius 2 is 0.955 bits per heavy atom. The van der Waals surface area contributed by atoms with Gasteiger partial charge in [0.15, 0.2) is 37.4 Å². The van der Waals surface area contributed by atoms with Crippen molar-refractivity contribution in [1.29, 1.82) is 0 Å². The summed E-state index contributed by atoms with van der Waals surface area (Å²) in [6.45, 7) is -5.52. The molecule has 3 aromatic rings. The number of aromatic hydroxyl groups is 2. The lowest BCUT2D eigenvalue weighted by molar-refractivity contribution is -0.423. The number of aliphatic hydroxyl groups is 13. The molecule has 0 radical (unpaired) electrons. The summed E-state index contributed by atoms with van der Waals surface area (Å²) in [6, 6.07) is 17.9. The van der Waals surface area contributed by atoms with Gasteiger partial charge in [0.25, 0.3) is 0 Å². The first-order chi connectivity index (χ1) is 42.5. The topological polar surface area (TPSA) is 492 Å². The van der Waals surface area contributed by atoms with Crippen LogP contribution in [0.2, 0.25) is 0 Å². The van der Waals surface area contributed by atoms with Crippen molar-refractivity contribution >= 4 is 36.0 Å². The number of rotatable bonds is 23. The zero-order valence-corrected chi connectivity index (χ0v) is 47.0. The van der Waals surface area contributed by atoms with Crippen LogP contribution in [-0.2, 0) is 76.0 Å². The Kier molecular flexibility index (Phi) is 23.7. The molecule has 0 saturated carbocycles. The van der Waals surface area contributed by atoms with Crippen molar-refractivity contribution in [3.05, 3.63) is 108 Å². The molecule has 5 saturated heterocycles. The second kappa shape index (κ2) is 30.7. The van der Waals surface area contributed by atoms with Gasteiger partial charge in [0.2, 0.25) is 5.79 Å². The van der Waals surface area contributed by atoms with E-state index >= 15 is 0 Å². The van der Waals surface area contributed by atoms with Crippen molar-refractivity contribution in [3.63, 3.8) is 0 Å². The third kappa shape index (κ3) is 16.3. The molecular formula is C57H70O32. The van der Waals surface area contributed by atoms with E-state index in [0.717, 1.165) is 19.1 Å². The fourth-order valence-corrected chi connectivity index (χ4v) is 10.1. The molecule has 5 aliphatic heterocycles. The number of phenolic OH excluding ortho intramolecular Hbond substituents is 2. The molecule has 15 N–H and O–H groups in total. The third-order valence-electron chi connectivity index (χ3n) is 14.9. The van der Waals surface area contributed by atoms with E-state index in [0.29, 0.717) is 11.1 Å². The Hall–Kier alpha value is -6.26. The van der Waals surface area contributed by atoms with Crippen LogP contribution in [0.25, 0.3) is 12.2 Å². The van der Waals surface area contributed by atoms with E-state index in [2.05, 4.69) is 0 Å². The van der Waals surface area contributed by atoms with E-state index in [1.165, 1.54) is 84.9 Å². The Labute approximate surface area is 504 Å².